The standard InChI is InChI=1S/C20H42N2O/c1-22(2)19-17-15-13-11-9-7-5-3-4-6-8-10-12-14-16-18-20(21)23/h3-19H2,1-2H3,(H2,21,23). The van der Waals surface area contributed by atoms with E-state index in [0.717, 1.165) is 12.8 Å². The summed E-state index contributed by atoms with van der Waals surface area (Å²) in [5.74, 6) is -0.154. The minimum Gasteiger partial charge on any atom is -0.370 e. The Balaban J connectivity index is 2.99. The molecule has 0 atom stereocenters. The van der Waals surface area contributed by atoms with E-state index in [9.17, 15) is 4.79 Å². The van der Waals surface area contributed by atoms with Crippen LogP contribution in [0.1, 0.15) is 103 Å². The van der Waals surface area contributed by atoms with Crippen LogP contribution >= 0.6 is 0 Å². The minimum atomic E-state index is -0.154. The van der Waals surface area contributed by atoms with Crippen LogP contribution in [0.3, 0.4) is 0 Å². The predicted octanol–water partition coefficient (Wildman–Crippen LogP) is 5.27. The van der Waals surface area contributed by atoms with Crippen LogP contribution in [0, 0.1) is 0 Å². The summed E-state index contributed by atoms with van der Waals surface area (Å²) in [6.07, 6.45) is 20.8. The van der Waals surface area contributed by atoms with Crippen molar-refractivity contribution in [2.45, 2.75) is 103 Å². The molecule has 1 amide bonds. The first kappa shape index (κ1) is 22.4. The topological polar surface area (TPSA) is 46.3 Å². The number of hydrogen-bond acceptors (Lipinski definition) is 2. The number of unbranched alkanes of at least 4 members (excludes halogenated alkanes) is 14. The molecule has 0 saturated carbocycles. The van der Waals surface area contributed by atoms with Crippen molar-refractivity contribution >= 4 is 5.91 Å². The van der Waals surface area contributed by atoms with Crippen LogP contribution in [0.4, 0.5) is 0 Å². The van der Waals surface area contributed by atoms with E-state index in [2.05, 4.69) is 19.0 Å². The SMILES string of the molecule is CN(C)CCCCCCCCCCCCCCCCCC(N)=O. The number of amides is 1. The highest BCUT2D eigenvalue weighted by Gasteiger charge is 1.96. The lowest BCUT2D eigenvalue weighted by Gasteiger charge is -2.08. The third-order valence-electron chi connectivity index (χ3n) is 4.53. The largest absolute Gasteiger partial charge is 0.370 e. The summed E-state index contributed by atoms with van der Waals surface area (Å²) < 4.78 is 0. The van der Waals surface area contributed by atoms with Gasteiger partial charge in [-0.25, -0.2) is 0 Å². The van der Waals surface area contributed by atoms with Gasteiger partial charge in [0.25, 0.3) is 0 Å². The number of primary amides is 1. The number of carbonyl (C=O) groups is 1. The Morgan fingerprint density at radius 3 is 1.22 bits per heavy atom. The van der Waals surface area contributed by atoms with Gasteiger partial charge < -0.3 is 10.6 Å². The van der Waals surface area contributed by atoms with Crippen LogP contribution in [0.15, 0.2) is 0 Å². The van der Waals surface area contributed by atoms with E-state index in [0.29, 0.717) is 6.42 Å². The van der Waals surface area contributed by atoms with Crippen LogP contribution in [-0.2, 0) is 4.79 Å². The van der Waals surface area contributed by atoms with Crippen LogP contribution in [0.2, 0.25) is 0 Å². The first-order valence-corrected chi connectivity index (χ1v) is 10.1. The molecule has 0 fully saturated rings. The van der Waals surface area contributed by atoms with Crippen LogP contribution in [0.5, 0.6) is 0 Å². The second kappa shape index (κ2) is 17.8. The average Bonchev–Trinajstić information content (AvgIpc) is 2.49. The normalized spacial score (nSPS) is 11.3. The second-order valence-electron chi connectivity index (χ2n) is 7.32. The lowest BCUT2D eigenvalue weighted by Crippen LogP contribution is -2.12. The molecule has 0 bridgehead atoms. The van der Waals surface area contributed by atoms with Crippen LogP contribution in [0.25, 0.3) is 0 Å². The number of rotatable bonds is 18. The van der Waals surface area contributed by atoms with E-state index in [-0.39, 0.29) is 5.91 Å². The smallest absolute Gasteiger partial charge is 0.217 e. The molecular weight excluding hydrogens is 284 g/mol. The molecule has 0 aliphatic rings. The summed E-state index contributed by atoms with van der Waals surface area (Å²) in [5.41, 5.74) is 5.12. The molecule has 23 heavy (non-hydrogen) atoms. The summed E-state index contributed by atoms with van der Waals surface area (Å²) in [6, 6.07) is 0. The molecule has 0 saturated heterocycles. The van der Waals surface area contributed by atoms with Gasteiger partial charge in [0, 0.05) is 6.42 Å². The van der Waals surface area contributed by atoms with Gasteiger partial charge in [-0.1, -0.05) is 83.5 Å². The Morgan fingerprint density at radius 1 is 0.609 bits per heavy atom. The predicted molar refractivity (Wildman–Crippen MR) is 102 cm³/mol. The van der Waals surface area contributed by atoms with Gasteiger partial charge in [-0.15, -0.1) is 0 Å². The lowest BCUT2D eigenvalue weighted by molar-refractivity contribution is -0.118. The molecule has 3 heteroatoms. The first-order valence-electron chi connectivity index (χ1n) is 10.1. The van der Waals surface area contributed by atoms with Gasteiger partial charge in [-0.2, -0.15) is 0 Å². The Kier molecular flexibility index (Phi) is 17.3. The van der Waals surface area contributed by atoms with E-state index in [1.807, 2.05) is 0 Å². The van der Waals surface area contributed by atoms with Crippen molar-refractivity contribution in [3.63, 3.8) is 0 Å². The molecule has 0 unspecified atom stereocenters. The number of hydrogen-bond donors (Lipinski definition) is 1. The zero-order valence-electron chi connectivity index (χ0n) is 16.0. The molecule has 2 N–H and O–H groups in total. The second-order valence-corrected chi connectivity index (χ2v) is 7.32. The zero-order chi connectivity index (χ0) is 17.2. The first-order chi connectivity index (χ1) is 11.1. The van der Waals surface area contributed by atoms with Gasteiger partial charge >= 0.3 is 0 Å². The molecule has 0 aromatic heterocycles. The molecule has 0 aromatic carbocycles. The molecule has 0 spiro atoms. The summed E-state index contributed by atoms with van der Waals surface area (Å²) in [5, 5.41) is 0. The Hall–Kier alpha value is -0.570. The molecule has 0 radical (unpaired) electrons. The molecule has 0 aliphatic heterocycles. The number of nitrogens with two attached hydrogens (primary N) is 1. The highest BCUT2D eigenvalue weighted by atomic mass is 16.1. The van der Waals surface area contributed by atoms with Crippen molar-refractivity contribution in [3.05, 3.63) is 0 Å². The van der Waals surface area contributed by atoms with Crippen molar-refractivity contribution in [2.24, 2.45) is 5.73 Å². The molecule has 0 heterocycles. The number of carbonyl (C=O) groups excluding carboxylic acids is 1. The maximum Gasteiger partial charge on any atom is 0.217 e. The Morgan fingerprint density at radius 2 is 0.913 bits per heavy atom. The molecule has 3 nitrogen and oxygen atoms in total. The third kappa shape index (κ3) is 21.4. The third-order valence-corrected chi connectivity index (χ3v) is 4.53. The quantitative estimate of drug-likeness (QED) is 0.349. The molecule has 0 rings (SSSR count). The van der Waals surface area contributed by atoms with Crippen LogP contribution < -0.4 is 5.73 Å². The summed E-state index contributed by atoms with van der Waals surface area (Å²) in [7, 11) is 4.31. The maximum absolute atomic E-state index is 10.6. The summed E-state index contributed by atoms with van der Waals surface area (Å²) >= 11 is 0. The van der Waals surface area contributed by atoms with Gasteiger partial charge in [0.15, 0.2) is 0 Å². The van der Waals surface area contributed by atoms with Crippen molar-refractivity contribution in [3.8, 4) is 0 Å². The molecule has 0 aliphatic carbocycles. The van der Waals surface area contributed by atoms with Gasteiger partial charge in [0.1, 0.15) is 0 Å². The summed E-state index contributed by atoms with van der Waals surface area (Å²) in [4.78, 5) is 12.9. The zero-order valence-corrected chi connectivity index (χ0v) is 16.0. The lowest BCUT2D eigenvalue weighted by atomic mass is 10.0. The van der Waals surface area contributed by atoms with E-state index in [4.69, 9.17) is 5.73 Å². The van der Waals surface area contributed by atoms with Crippen LogP contribution in [-0.4, -0.2) is 31.4 Å². The number of nitrogens with zero attached hydrogens (tertiary/aromatic N) is 1. The van der Waals surface area contributed by atoms with E-state index in [1.165, 1.54) is 90.0 Å². The highest BCUT2D eigenvalue weighted by molar-refractivity contribution is 5.73. The van der Waals surface area contributed by atoms with E-state index in [1.54, 1.807) is 0 Å². The fourth-order valence-corrected chi connectivity index (χ4v) is 3.03. The fraction of sp³-hybridized carbons (Fsp3) is 0.950. The molecule has 138 valence electrons. The van der Waals surface area contributed by atoms with Crippen molar-refractivity contribution in [1.29, 1.82) is 0 Å². The van der Waals surface area contributed by atoms with E-state index >= 15 is 0 Å². The fourth-order valence-electron chi connectivity index (χ4n) is 3.03. The van der Waals surface area contributed by atoms with Crippen molar-refractivity contribution in [1.82, 2.24) is 4.90 Å². The van der Waals surface area contributed by atoms with E-state index < -0.39 is 0 Å². The summed E-state index contributed by atoms with van der Waals surface area (Å²) in [6.45, 7) is 1.24. The van der Waals surface area contributed by atoms with Gasteiger partial charge in [-0.3, -0.25) is 4.79 Å². The Labute approximate surface area is 145 Å². The average molecular weight is 327 g/mol. The molecule has 0 aromatic rings. The Bertz CT molecular complexity index is 254. The highest BCUT2D eigenvalue weighted by Crippen LogP contribution is 2.13. The maximum atomic E-state index is 10.6. The van der Waals surface area contributed by atoms with Gasteiger partial charge in [0.2, 0.25) is 5.91 Å². The van der Waals surface area contributed by atoms with Crippen molar-refractivity contribution < 1.29 is 4.79 Å². The monoisotopic (exact) mass is 326 g/mol. The van der Waals surface area contributed by atoms with Gasteiger partial charge in [-0.05, 0) is 33.5 Å². The van der Waals surface area contributed by atoms with Crippen molar-refractivity contribution in [2.75, 3.05) is 20.6 Å². The minimum absolute atomic E-state index is 0.154. The molecular formula is C20H42N2O. The van der Waals surface area contributed by atoms with Gasteiger partial charge in [0.05, 0.1) is 0 Å².